The maximum absolute atomic E-state index is 5.68. The molecule has 0 bridgehead atoms. The van der Waals surface area contributed by atoms with Gasteiger partial charge in [-0.25, -0.2) is 0 Å². The first-order chi connectivity index (χ1) is 7.33. The number of nitrogen functional groups attached to an aromatic ring is 1. The molecule has 3 rings (SSSR count). The second-order valence-electron chi connectivity index (χ2n) is 3.47. The highest BCUT2D eigenvalue weighted by Gasteiger charge is 2.18. The maximum atomic E-state index is 5.68. The quantitative estimate of drug-likeness (QED) is 0.599. The lowest BCUT2D eigenvalue weighted by Crippen LogP contribution is -2.07. The van der Waals surface area contributed by atoms with Gasteiger partial charge in [0.1, 0.15) is 17.3 Å². The van der Waals surface area contributed by atoms with Gasteiger partial charge in [-0.1, -0.05) is 18.2 Å². The van der Waals surface area contributed by atoms with Crippen LogP contribution in [-0.4, -0.2) is 10.2 Å². The van der Waals surface area contributed by atoms with Crippen LogP contribution in [0.2, 0.25) is 0 Å². The number of ether oxygens (including phenoxy) is 1. The van der Waals surface area contributed by atoms with E-state index in [-0.39, 0.29) is 0 Å². The van der Waals surface area contributed by atoms with Crippen molar-refractivity contribution in [1.29, 1.82) is 0 Å². The summed E-state index contributed by atoms with van der Waals surface area (Å²) >= 11 is 0. The van der Waals surface area contributed by atoms with Crippen LogP contribution in [-0.2, 0) is 6.42 Å². The Morgan fingerprint density at radius 2 is 2.00 bits per heavy atom. The average Bonchev–Trinajstić information content (AvgIpc) is 2.26. The fraction of sp³-hybridized carbons (Fsp3) is 0.0909. The van der Waals surface area contributed by atoms with Gasteiger partial charge in [-0.15, -0.1) is 10.2 Å². The third kappa shape index (κ3) is 1.30. The molecular weight excluding hydrogens is 190 g/mol. The third-order valence-corrected chi connectivity index (χ3v) is 2.40. The molecule has 0 radical (unpaired) electrons. The van der Waals surface area contributed by atoms with Gasteiger partial charge < -0.3 is 10.5 Å². The van der Waals surface area contributed by atoms with Crippen molar-refractivity contribution in [3.05, 3.63) is 41.6 Å². The Morgan fingerprint density at radius 1 is 1.13 bits per heavy atom. The summed E-state index contributed by atoms with van der Waals surface area (Å²) in [7, 11) is 0. The summed E-state index contributed by atoms with van der Waals surface area (Å²) in [5.41, 5.74) is 7.51. The molecule has 0 saturated heterocycles. The molecule has 4 nitrogen and oxygen atoms in total. The predicted octanol–water partition coefficient (Wildman–Crippen LogP) is 1.76. The van der Waals surface area contributed by atoms with Crippen LogP contribution in [0.1, 0.15) is 11.3 Å². The van der Waals surface area contributed by atoms with Gasteiger partial charge in [0, 0.05) is 18.1 Å². The van der Waals surface area contributed by atoms with Crippen LogP contribution in [0.15, 0.2) is 30.3 Å². The minimum absolute atomic E-state index is 0.383. The topological polar surface area (TPSA) is 61.0 Å². The highest BCUT2D eigenvalue weighted by molar-refractivity contribution is 5.49. The van der Waals surface area contributed by atoms with E-state index in [1.807, 2.05) is 24.3 Å². The number of anilines is 1. The summed E-state index contributed by atoms with van der Waals surface area (Å²) in [4.78, 5) is 0. The van der Waals surface area contributed by atoms with E-state index in [0.29, 0.717) is 11.6 Å². The van der Waals surface area contributed by atoms with E-state index in [1.165, 1.54) is 0 Å². The van der Waals surface area contributed by atoms with Crippen molar-refractivity contribution in [1.82, 2.24) is 10.2 Å². The van der Waals surface area contributed by atoms with Crippen molar-refractivity contribution in [3.63, 3.8) is 0 Å². The van der Waals surface area contributed by atoms with E-state index in [1.54, 1.807) is 6.07 Å². The monoisotopic (exact) mass is 199 g/mol. The van der Waals surface area contributed by atoms with E-state index < -0.39 is 0 Å². The minimum Gasteiger partial charge on any atom is -0.455 e. The lowest BCUT2D eigenvalue weighted by Gasteiger charge is -2.18. The molecule has 1 aliphatic rings. The average molecular weight is 199 g/mol. The summed E-state index contributed by atoms with van der Waals surface area (Å²) in [5, 5.41) is 7.83. The van der Waals surface area contributed by atoms with E-state index in [2.05, 4.69) is 10.2 Å². The number of hydrogen-bond donors (Lipinski definition) is 1. The number of rotatable bonds is 0. The van der Waals surface area contributed by atoms with Gasteiger partial charge in [0.15, 0.2) is 5.75 Å². The number of hydrogen-bond acceptors (Lipinski definition) is 4. The van der Waals surface area contributed by atoms with E-state index in [4.69, 9.17) is 10.5 Å². The van der Waals surface area contributed by atoms with Crippen LogP contribution in [0.5, 0.6) is 11.5 Å². The summed E-state index contributed by atoms with van der Waals surface area (Å²) in [6.45, 7) is 0. The minimum atomic E-state index is 0.383. The Hall–Kier alpha value is -2.10. The normalized spacial score (nSPS) is 12.5. The lowest BCUT2D eigenvalue weighted by atomic mass is 10.1. The Kier molecular flexibility index (Phi) is 1.62. The predicted molar refractivity (Wildman–Crippen MR) is 55.8 cm³/mol. The molecule has 15 heavy (non-hydrogen) atoms. The molecule has 2 heterocycles. The number of aromatic nitrogens is 2. The van der Waals surface area contributed by atoms with Crippen molar-refractivity contribution < 1.29 is 4.74 Å². The largest absolute Gasteiger partial charge is 0.455 e. The molecule has 0 atom stereocenters. The molecule has 0 spiro atoms. The van der Waals surface area contributed by atoms with Crippen molar-refractivity contribution in [3.8, 4) is 11.5 Å². The molecule has 1 aromatic heterocycles. The SMILES string of the molecule is Nc1cc2c(nn1)Cc1ccccc1O2. The number of nitrogens with two attached hydrogens (primary N) is 1. The summed E-state index contributed by atoms with van der Waals surface area (Å²) < 4.78 is 5.68. The van der Waals surface area contributed by atoms with E-state index in [9.17, 15) is 0 Å². The fourth-order valence-electron chi connectivity index (χ4n) is 1.67. The standard InChI is InChI=1S/C11H9N3O/c12-11-6-10-8(13-14-11)5-7-3-1-2-4-9(7)15-10/h1-4,6H,5H2,(H2,12,14). The van der Waals surface area contributed by atoms with Crippen LogP contribution in [0.4, 0.5) is 5.82 Å². The third-order valence-electron chi connectivity index (χ3n) is 2.40. The Labute approximate surface area is 86.7 Å². The first-order valence-electron chi connectivity index (χ1n) is 4.71. The number of nitrogens with zero attached hydrogens (tertiary/aromatic N) is 2. The van der Waals surface area contributed by atoms with Crippen molar-refractivity contribution >= 4 is 5.82 Å². The Morgan fingerprint density at radius 3 is 2.93 bits per heavy atom. The van der Waals surface area contributed by atoms with Gasteiger partial charge in [0.25, 0.3) is 0 Å². The first-order valence-corrected chi connectivity index (χ1v) is 4.71. The second kappa shape index (κ2) is 2.95. The summed E-state index contributed by atoms with van der Waals surface area (Å²) in [6.07, 6.45) is 0.749. The molecule has 1 aliphatic heterocycles. The molecule has 0 amide bonds. The molecule has 74 valence electrons. The fourth-order valence-corrected chi connectivity index (χ4v) is 1.67. The van der Waals surface area contributed by atoms with Gasteiger partial charge >= 0.3 is 0 Å². The first kappa shape index (κ1) is 8.23. The van der Waals surface area contributed by atoms with Gasteiger partial charge in [-0.05, 0) is 6.07 Å². The van der Waals surface area contributed by atoms with Crippen molar-refractivity contribution in [2.24, 2.45) is 0 Å². The highest BCUT2D eigenvalue weighted by atomic mass is 16.5. The van der Waals surface area contributed by atoms with Crippen LogP contribution >= 0.6 is 0 Å². The van der Waals surface area contributed by atoms with Crippen molar-refractivity contribution in [2.75, 3.05) is 5.73 Å². The Bertz CT molecular complexity index is 525. The lowest BCUT2D eigenvalue weighted by molar-refractivity contribution is 0.453. The van der Waals surface area contributed by atoms with E-state index in [0.717, 1.165) is 23.4 Å². The van der Waals surface area contributed by atoms with E-state index >= 15 is 0 Å². The van der Waals surface area contributed by atoms with Gasteiger partial charge in [0.2, 0.25) is 0 Å². The van der Waals surface area contributed by atoms with Gasteiger partial charge in [0.05, 0.1) is 0 Å². The van der Waals surface area contributed by atoms with Crippen molar-refractivity contribution in [2.45, 2.75) is 6.42 Å². The molecule has 1 aromatic carbocycles. The molecule has 0 saturated carbocycles. The Balaban J connectivity index is 2.11. The maximum Gasteiger partial charge on any atom is 0.154 e. The van der Waals surface area contributed by atoms with Gasteiger partial charge in [-0.3, -0.25) is 0 Å². The number of benzene rings is 1. The summed E-state index contributed by atoms with van der Waals surface area (Å²) in [6, 6.07) is 9.60. The zero-order chi connectivity index (χ0) is 10.3. The zero-order valence-electron chi connectivity index (χ0n) is 7.97. The molecule has 0 fully saturated rings. The summed E-state index contributed by atoms with van der Waals surface area (Å²) in [5.74, 6) is 1.96. The molecule has 0 unspecified atom stereocenters. The smallest absolute Gasteiger partial charge is 0.154 e. The zero-order valence-corrected chi connectivity index (χ0v) is 7.97. The van der Waals surface area contributed by atoms with Crippen LogP contribution in [0.25, 0.3) is 0 Å². The number of para-hydroxylation sites is 1. The van der Waals surface area contributed by atoms with Crippen LogP contribution in [0, 0.1) is 0 Å². The molecule has 0 aliphatic carbocycles. The highest BCUT2D eigenvalue weighted by Crippen LogP contribution is 2.35. The molecule has 2 N–H and O–H groups in total. The van der Waals surface area contributed by atoms with Crippen LogP contribution < -0.4 is 10.5 Å². The van der Waals surface area contributed by atoms with Gasteiger partial charge in [-0.2, -0.15) is 0 Å². The molecule has 4 heteroatoms. The molecular formula is C11H9N3O. The molecule has 2 aromatic rings. The second-order valence-corrected chi connectivity index (χ2v) is 3.47. The van der Waals surface area contributed by atoms with Crippen LogP contribution in [0.3, 0.4) is 0 Å². The number of fused-ring (bicyclic) bond motifs is 2.